The molecule has 100 valence electrons. The van der Waals surface area contributed by atoms with E-state index in [9.17, 15) is 0 Å². The molecule has 2 heterocycles. The van der Waals surface area contributed by atoms with E-state index in [2.05, 4.69) is 4.98 Å². The third-order valence-corrected chi connectivity index (χ3v) is 3.90. The summed E-state index contributed by atoms with van der Waals surface area (Å²) < 4.78 is 5.79. The molecule has 0 radical (unpaired) electrons. The molecule has 3 aromatic rings. The molecule has 0 aliphatic heterocycles. The third-order valence-electron chi connectivity index (χ3n) is 3.71. The monoisotopic (exact) mass is 284 g/mol. The van der Waals surface area contributed by atoms with Crippen LogP contribution >= 0.6 is 11.6 Å². The van der Waals surface area contributed by atoms with Gasteiger partial charge in [-0.2, -0.15) is 0 Å². The average Bonchev–Trinajstić information content (AvgIpc) is 3.20. The fraction of sp³-hybridized carbons (Fsp3) is 0.250. The Balaban J connectivity index is 1.96. The Labute approximate surface area is 121 Å². The smallest absolute Gasteiger partial charge is 0.165 e. The van der Waals surface area contributed by atoms with Crippen molar-refractivity contribution in [3.63, 3.8) is 0 Å². The van der Waals surface area contributed by atoms with Crippen LogP contribution in [-0.4, -0.2) is 9.97 Å². The second-order valence-electron chi connectivity index (χ2n) is 5.24. The van der Waals surface area contributed by atoms with Gasteiger partial charge >= 0.3 is 0 Å². The van der Waals surface area contributed by atoms with Crippen molar-refractivity contribution in [2.45, 2.75) is 25.7 Å². The number of para-hydroxylation sites is 1. The van der Waals surface area contributed by atoms with Crippen LogP contribution in [0.2, 0.25) is 5.15 Å². The summed E-state index contributed by atoms with van der Waals surface area (Å²) in [6.07, 6.45) is 2.38. The summed E-state index contributed by atoms with van der Waals surface area (Å²) in [6, 6.07) is 9.82. The van der Waals surface area contributed by atoms with Gasteiger partial charge in [-0.15, -0.1) is 0 Å². The first-order valence-corrected chi connectivity index (χ1v) is 7.13. The van der Waals surface area contributed by atoms with Crippen molar-refractivity contribution in [1.82, 2.24) is 9.97 Å². The van der Waals surface area contributed by atoms with E-state index in [0.717, 1.165) is 28.0 Å². The number of hydrogen-bond acceptors (Lipinski definition) is 3. The molecular formula is C16H13ClN2O. The molecule has 0 atom stereocenters. The maximum absolute atomic E-state index is 6.16. The molecule has 0 N–H and O–H groups in total. The molecule has 0 saturated heterocycles. The molecule has 3 nitrogen and oxygen atoms in total. The van der Waals surface area contributed by atoms with Gasteiger partial charge < -0.3 is 4.42 Å². The first-order chi connectivity index (χ1) is 9.72. The van der Waals surface area contributed by atoms with E-state index in [1.165, 1.54) is 12.8 Å². The lowest BCUT2D eigenvalue weighted by Gasteiger charge is -2.04. The molecule has 4 rings (SSSR count). The second kappa shape index (κ2) is 4.32. The zero-order valence-corrected chi connectivity index (χ0v) is 11.8. The molecule has 0 unspecified atom stereocenters. The minimum absolute atomic E-state index is 0.501. The Kier molecular flexibility index (Phi) is 2.57. The summed E-state index contributed by atoms with van der Waals surface area (Å²) in [5.41, 5.74) is 2.85. The van der Waals surface area contributed by atoms with Gasteiger partial charge in [0.1, 0.15) is 16.5 Å². The molecule has 1 saturated carbocycles. The first kappa shape index (κ1) is 11.9. The maximum Gasteiger partial charge on any atom is 0.165 e. The quantitative estimate of drug-likeness (QED) is 0.639. The van der Waals surface area contributed by atoms with Gasteiger partial charge in [0.15, 0.2) is 5.82 Å². The highest BCUT2D eigenvalue weighted by Gasteiger charge is 2.27. The van der Waals surface area contributed by atoms with E-state index >= 15 is 0 Å². The molecule has 1 aromatic carbocycles. The average molecular weight is 285 g/mol. The highest BCUT2D eigenvalue weighted by Crippen LogP contribution is 2.41. The summed E-state index contributed by atoms with van der Waals surface area (Å²) in [5.74, 6) is 2.05. The molecule has 1 aliphatic carbocycles. The lowest BCUT2D eigenvalue weighted by atomic mass is 10.1. The summed E-state index contributed by atoms with van der Waals surface area (Å²) in [6.45, 7) is 1.94. The van der Waals surface area contributed by atoms with Crippen LogP contribution in [0.15, 0.2) is 34.7 Å². The fourth-order valence-electron chi connectivity index (χ4n) is 2.58. The van der Waals surface area contributed by atoms with Gasteiger partial charge in [-0.05, 0) is 31.9 Å². The Morgan fingerprint density at radius 2 is 2.00 bits per heavy atom. The zero-order valence-electron chi connectivity index (χ0n) is 11.1. The number of aromatic nitrogens is 2. The topological polar surface area (TPSA) is 38.9 Å². The minimum Gasteiger partial charge on any atom is -0.461 e. The number of aryl methyl sites for hydroxylation is 1. The van der Waals surface area contributed by atoms with Crippen molar-refractivity contribution in [3.05, 3.63) is 46.9 Å². The highest BCUT2D eigenvalue weighted by molar-refractivity contribution is 6.29. The normalized spacial score (nSPS) is 14.9. The Hall–Kier alpha value is -1.87. The maximum atomic E-state index is 6.16. The molecule has 0 amide bonds. The van der Waals surface area contributed by atoms with Crippen molar-refractivity contribution >= 4 is 22.6 Å². The van der Waals surface area contributed by atoms with E-state index in [-0.39, 0.29) is 0 Å². The molecule has 20 heavy (non-hydrogen) atoms. The van der Waals surface area contributed by atoms with Crippen LogP contribution in [0.3, 0.4) is 0 Å². The second-order valence-corrected chi connectivity index (χ2v) is 5.63. The number of hydrogen-bond donors (Lipinski definition) is 0. The Morgan fingerprint density at radius 3 is 2.80 bits per heavy atom. The highest BCUT2D eigenvalue weighted by atomic mass is 35.5. The SMILES string of the molecule is Cc1oc2ccccc2c1-c1nc(Cl)cc(C2CC2)n1. The van der Waals surface area contributed by atoms with Gasteiger partial charge in [-0.3, -0.25) is 0 Å². The number of halogens is 1. The van der Waals surface area contributed by atoms with Crippen LogP contribution in [-0.2, 0) is 0 Å². The van der Waals surface area contributed by atoms with E-state index in [4.69, 9.17) is 21.0 Å². The molecule has 4 heteroatoms. The standard InChI is InChI=1S/C16H13ClN2O/c1-9-15(11-4-2-3-5-13(11)20-9)16-18-12(10-6-7-10)8-14(17)19-16/h2-5,8,10H,6-7H2,1H3. The van der Waals surface area contributed by atoms with Crippen LogP contribution in [0.4, 0.5) is 0 Å². The van der Waals surface area contributed by atoms with Gasteiger partial charge in [0.2, 0.25) is 0 Å². The van der Waals surface area contributed by atoms with Gasteiger partial charge in [-0.1, -0.05) is 29.8 Å². The van der Waals surface area contributed by atoms with Crippen LogP contribution < -0.4 is 0 Å². The molecule has 1 fully saturated rings. The number of furan rings is 1. The third kappa shape index (κ3) is 1.90. The van der Waals surface area contributed by atoms with Crippen LogP contribution in [0.1, 0.15) is 30.2 Å². The van der Waals surface area contributed by atoms with Crippen molar-refractivity contribution in [2.24, 2.45) is 0 Å². The van der Waals surface area contributed by atoms with Crippen molar-refractivity contribution in [1.29, 1.82) is 0 Å². The first-order valence-electron chi connectivity index (χ1n) is 6.75. The van der Waals surface area contributed by atoms with E-state index in [1.807, 2.05) is 37.3 Å². The number of benzene rings is 1. The molecule has 0 spiro atoms. The zero-order chi connectivity index (χ0) is 13.7. The summed E-state index contributed by atoms with van der Waals surface area (Å²) in [7, 11) is 0. The molecule has 2 aromatic heterocycles. The summed E-state index contributed by atoms with van der Waals surface area (Å²) in [5, 5.41) is 1.54. The van der Waals surface area contributed by atoms with Crippen LogP contribution in [0, 0.1) is 6.92 Å². The minimum atomic E-state index is 0.501. The summed E-state index contributed by atoms with van der Waals surface area (Å²) in [4.78, 5) is 9.09. The number of rotatable bonds is 2. The Bertz CT molecular complexity index is 805. The Morgan fingerprint density at radius 1 is 1.20 bits per heavy atom. The molecule has 0 bridgehead atoms. The van der Waals surface area contributed by atoms with Gasteiger partial charge in [0.25, 0.3) is 0 Å². The van der Waals surface area contributed by atoms with Crippen molar-refractivity contribution in [2.75, 3.05) is 0 Å². The molecule has 1 aliphatic rings. The van der Waals surface area contributed by atoms with Gasteiger partial charge in [-0.25, -0.2) is 9.97 Å². The lowest BCUT2D eigenvalue weighted by Crippen LogP contribution is -1.95. The van der Waals surface area contributed by atoms with Gasteiger partial charge in [0, 0.05) is 17.0 Å². The molecular weight excluding hydrogens is 272 g/mol. The van der Waals surface area contributed by atoms with E-state index in [0.29, 0.717) is 16.9 Å². The predicted octanol–water partition coefficient (Wildman–Crippen LogP) is 4.73. The largest absolute Gasteiger partial charge is 0.461 e. The van der Waals surface area contributed by atoms with Crippen molar-refractivity contribution in [3.8, 4) is 11.4 Å². The summed E-state index contributed by atoms with van der Waals surface area (Å²) >= 11 is 6.16. The number of nitrogens with zero attached hydrogens (tertiary/aromatic N) is 2. The fourth-order valence-corrected chi connectivity index (χ4v) is 2.77. The van der Waals surface area contributed by atoms with Crippen molar-refractivity contribution < 1.29 is 4.42 Å². The van der Waals surface area contributed by atoms with Crippen LogP contribution in [0.25, 0.3) is 22.4 Å². The van der Waals surface area contributed by atoms with E-state index < -0.39 is 0 Å². The lowest BCUT2D eigenvalue weighted by molar-refractivity contribution is 0.579. The van der Waals surface area contributed by atoms with Crippen LogP contribution in [0.5, 0.6) is 0 Å². The number of fused-ring (bicyclic) bond motifs is 1. The van der Waals surface area contributed by atoms with Gasteiger partial charge in [0.05, 0.1) is 5.56 Å². The predicted molar refractivity (Wildman–Crippen MR) is 79.0 cm³/mol. The van der Waals surface area contributed by atoms with E-state index in [1.54, 1.807) is 0 Å².